The van der Waals surface area contributed by atoms with E-state index in [9.17, 15) is 18.4 Å². The van der Waals surface area contributed by atoms with Crippen molar-refractivity contribution in [1.29, 1.82) is 5.26 Å². The smallest absolute Gasteiger partial charge is 0.485 e. The first-order valence-electron chi connectivity index (χ1n) is 7.69. The monoisotopic (exact) mass is 390 g/mol. The maximum Gasteiger partial charge on any atom is 0.485 e. The lowest BCUT2D eigenvalue weighted by Gasteiger charge is -2.63. The average molecular weight is 390 g/mol. The van der Waals surface area contributed by atoms with E-state index in [1.807, 2.05) is 12.1 Å². The molecule has 1 heterocycles. The van der Waals surface area contributed by atoms with E-state index in [4.69, 9.17) is 13.0 Å². The van der Waals surface area contributed by atoms with Crippen LogP contribution in [0.5, 0.6) is 0 Å². The lowest BCUT2D eigenvalue weighted by atomic mass is 9.62. The Morgan fingerprint density at radius 3 is 2.15 bits per heavy atom. The zero-order valence-electron chi connectivity index (χ0n) is 14.7. The molecule has 0 radical (unpaired) electrons. The van der Waals surface area contributed by atoms with Crippen LogP contribution in [-0.2, 0) is 10.1 Å². The number of hydrogen-bond donors (Lipinski definition) is 0. The largest absolute Gasteiger partial charge is 0.741 e. The zero-order chi connectivity index (χ0) is 20.4. The van der Waals surface area contributed by atoms with Crippen LogP contribution < -0.4 is 0 Å². The third-order valence-electron chi connectivity index (χ3n) is 5.13. The average Bonchev–Trinajstić information content (AvgIpc) is 2.53. The number of likely N-dealkylation sites (N-methyl/N-ethyl adjacent to an activating group) is 1. The van der Waals surface area contributed by atoms with Crippen molar-refractivity contribution < 1.29 is 30.6 Å². The fourth-order valence-corrected chi connectivity index (χ4v) is 3.45. The highest BCUT2D eigenvalue weighted by Crippen LogP contribution is 2.54. The number of benzene rings is 1. The van der Waals surface area contributed by atoms with E-state index in [0.29, 0.717) is 6.04 Å². The van der Waals surface area contributed by atoms with Gasteiger partial charge in [0.1, 0.15) is 18.0 Å². The highest BCUT2D eigenvalue weighted by Gasteiger charge is 2.68. The maximum absolute atomic E-state index is 10.7. The van der Waals surface area contributed by atoms with Crippen LogP contribution >= 0.6 is 0 Å². The number of halogens is 3. The highest BCUT2D eigenvalue weighted by atomic mass is 32.2. The van der Waals surface area contributed by atoms with Gasteiger partial charge in [0.15, 0.2) is 10.1 Å². The van der Waals surface area contributed by atoms with Crippen molar-refractivity contribution in [3.8, 4) is 6.07 Å². The minimum atomic E-state index is -6.09. The molecule has 1 aromatic rings. The molecule has 9 heteroatoms. The predicted molar refractivity (Wildman–Crippen MR) is 89.7 cm³/mol. The first kappa shape index (κ1) is 22.2. The Kier molecular flexibility index (Phi) is 6.29. The molecular formula is C17H21F3N2O3S. The van der Waals surface area contributed by atoms with Gasteiger partial charge in [-0.2, -0.15) is 18.4 Å². The molecule has 1 aromatic carbocycles. The summed E-state index contributed by atoms with van der Waals surface area (Å²) in [5, 5.41) is 9.74. The van der Waals surface area contributed by atoms with Gasteiger partial charge in [0, 0.05) is 6.42 Å². The van der Waals surface area contributed by atoms with Gasteiger partial charge in [0.25, 0.3) is 0 Å². The number of alkyl halides is 3. The summed E-state index contributed by atoms with van der Waals surface area (Å²) < 4.78 is 59.6. The Hall–Kier alpha value is -1.89. The van der Waals surface area contributed by atoms with Gasteiger partial charge in [-0.15, -0.1) is 6.58 Å². The topological polar surface area (TPSA) is 81.0 Å². The van der Waals surface area contributed by atoms with Crippen molar-refractivity contribution in [3.63, 3.8) is 0 Å². The van der Waals surface area contributed by atoms with Crippen LogP contribution in [0.1, 0.15) is 24.8 Å². The molecule has 0 bridgehead atoms. The highest BCUT2D eigenvalue weighted by molar-refractivity contribution is 7.86. The summed E-state index contributed by atoms with van der Waals surface area (Å²) >= 11 is 0. The Morgan fingerprint density at radius 1 is 1.35 bits per heavy atom. The molecule has 1 fully saturated rings. The number of hydrogen-bond acceptors (Lipinski definition) is 4. The van der Waals surface area contributed by atoms with Crippen LogP contribution in [0.15, 0.2) is 43.0 Å². The Labute approximate surface area is 151 Å². The number of rotatable bonds is 3. The quantitative estimate of drug-likeness (QED) is 0.344. The van der Waals surface area contributed by atoms with E-state index >= 15 is 0 Å². The van der Waals surface area contributed by atoms with Crippen LogP contribution in [0.4, 0.5) is 13.2 Å². The molecule has 0 saturated carbocycles. The number of nitrogens with zero attached hydrogens (tertiary/aromatic N) is 2. The van der Waals surface area contributed by atoms with Crippen LogP contribution in [0.25, 0.3) is 0 Å². The van der Waals surface area contributed by atoms with Crippen LogP contribution in [0, 0.1) is 11.3 Å². The standard InChI is InChI=1S/C16H21N2.CHF3O3S/c1-5-11-16(12-17)15(13(2)18(16,3)4)14-9-7-6-8-10-14;2-1(3,4)8(5,6)7/h5-10,13,15H,1,11H2,2-4H3;(H,5,6,7)/q+1;/p-1/t13-,15+,16+;/m0./s1. The summed E-state index contributed by atoms with van der Waals surface area (Å²) in [4.78, 5) is 0. The minimum Gasteiger partial charge on any atom is -0.741 e. The van der Waals surface area contributed by atoms with Gasteiger partial charge in [0.05, 0.1) is 14.1 Å². The summed E-state index contributed by atoms with van der Waals surface area (Å²) in [5.74, 6) is 0.289. The number of nitriles is 1. The molecule has 0 N–H and O–H groups in total. The molecule has 1 aliphatic heterocycles. The van der Waals surface area contributed by atoms with E-state index < -0.39 is 15.6 Å². The van der Waals surface area contributed by atoms with Gasteiger partial charge >= 0.3 is 5.51 Å². The molecule has 26 heavy (non-hydrogen) atoms. The molecular weight excluding hydrogens is 369 g/mol. The van der Waals surface area contributed by atoms with Crippen molar-refractivity contribution in [1.82, 2.24) is 0 Å². The summed E-state index contributed by atoms with van der Waals surface area (Å²) in [6.45, 7) is 6.07. The first-order valence-corrected chi connectivity index (χ1v) is 9.10. The summed E-state index contributed by atoms with van der Waals surface area (Å²) in [5.41, 5.74) is -4.75. The van der Waals surface area contributed by atoms with E-state index in [-0.39, 0.29) is 11.5 Å². The molecule has 0 aliphatic carbocycles. The van der Waals surface area contributed by atoms with E-state index in [1.54, 1.807) is 0 Å². The summed E-state index contributed by atoms with van der Waals surface area (Å²) in [6.07, 6.45) is 2.62. The minimum absolute atomic E-state index is 0.289. The fourth-order valence-electron chi connectivity index (χ4n) is 3.45. The zero-order valence-corrected chi connectivity index (χ0v) is 15.5. The van der Waals surface area contributed by atoms with Crippen molar-refractivity contribution in [3.05, 3.63) is 48.6 Å². The maximum atomic E-state index is 10.7. The van der Waals surface area contributed by atoms with Gasteiger partial charge in [-0.25, -0.2) is 8.42 Å². The van der Waals surface area contributed by atoms with Crippen LogP contribution in [0.3, 0.4) is 0 Å². The Bertz CT molecular complexity index is 786. The van der Waals surface area contributed by atoms with Gasteiger partial charge < -0.3 is 9.04 Å². The first-order chi connectivity index (χ1) is 11.8. The van der Waals surface area contributed by atoms with Gasteiger partial charge in [-0.1, -0.05) is 36.4 Å². The fraction of sp³-hybridized carbons (Fsp3) is 0.471. The second-order valence-electron chi connectivity index (χ2n) is 6.60. The molecule has 3 atom stereocenters. The van der Waals surface area contributed by atoms with E-state index in [0.717, 1.165) is 10.9 Å². The van der Waals surface area contributed by atoms with Crippen molar-refractivity contribution in [2.24, 2.45) is 0 Å². The van der Waals surface area contributed by atoms with Crippen LogP contribution in [-0.4, -0.2) is 48.6 Å². The Balaban J connectivity index is 0.000000359. The molecule has 5 nitrogen and oxygen atoms in total. The molecule has 0 amide bonds. The molecule has 144 valence electrons. The van der Waals surface area contributed by atoms with Crippen LogP contribution in [0.2, 0.25) is 0 Å². The normalized spacial score (nSPS) is 27.3. The SMILES string of the molecule is C=CC[C@@]1(C#N)[C@@H](c2ccccc2)[C@H](C)[N+]1(C)C.O=S(=O)([O-])C(F)(F)F. The Morgan fingerprint density at radius 2 is 1.81 bits per heavy atom. The summed E-state index contributed by atoms with van der Waals surface area (Å²) in [6, 6.07) is 13.4. The van der Waals surface area contributed by atoms with E-state index in [1.165, 1.54) is 5.56 Å². The molecule has 1 saturated heterocycles. The molecule has 0 unspecified atom stereocenters. The van der Waals surface area contributed by atoms with Crippen molar-refractivity contribution >= 4 is 10.1 Å². The van der Waals surface area contributed by atoms with E-state index in [2.05, 4.69) is 57.9 Å². The van der Waals surface area contributed by atoms with Gasteiger partial charge in [-0.3, -0.25) is 0 Å². The van der Waals surface area contributed by atoms with Gasteiger partial charge in [0.2, 0.25) is 5.54 Å². The number of quaternary nitrogens is 1. The second-order valence-corrected chi connectivity index (χ2v) is 7.97. The molecule has 2 rings (SSSR count). The molecule has 1 aliphatic rings. The summed E-state index contributed by atoms with van der Waals surface area (Å²) in [7, 11) is -1.79. The molecule has 0 spiro atoms. The number of likely N-dealkylation sites (tertiary alicyclic amines) is 1. The lowest BCUT2D eigenvalue weighted by molar-refractivity contribution is -1.00. The van der Waals surface area contributed by atoms with Crippen molar-refractivity contribution in [2.45, 2.75) is 36.4 Å². The lowest BCUT2D eigenvalue weighted by Crippen LogP contribution is -2.78. The van der Waals surface area contributed by atoms with Crippen molar-refractivity contribution in [2.75, 3.05) is 14.1 Å². The predicted octanol–water partition coefficient (Wildman–Crippen LogP) is 3.14. The second kappa shape index (κ2) is 7.39. The third kappa shape index (κ3) is 3.77. The molecule has 0 aromatic heterocycles. The third-order valence-corrected chi connectivity index (χ3v) is 5.70. The van der Waals surface area contributed by atoms with Gasteiger partial charge in [-0.05, 0) is 12.5 Å².